The average Bonchev–Trinajstić information content (AvgIpc) is 3.29. The minimum Gasteiger partial charge on any atom is -0.411 e. The molecule has 2 saturated heterocycles. The van der Waals surface area contributed by atoms with Crippen molar-refractivity contribution < 1.29 is 18.2 Å². The molecular formula is C25H42N3O6PS2Si. The first-order valence-corrected chi connectivity index (χ1v) is 20.2. The average molecular weight is 604 g/mol. The maximum absolute atomic E-state index is 12.6. The van der Waals surface area contributed by atoms with E-state index in [9.17, 15) is 9.59 Å². The van der Waals surface area contributed by atoms with Crippen molar-refractivity contribution in [2.45, 2.75) is 108 Å². The van der Waals surface area contributed by atoms with E-state index in [4.69, 9.17) is 35.8 Å². The van der Waals surface area contributed by atoms with Gasteiger partial charge in [0.25, 0.3) is 5.56 Å². The molecule has 0 aromatic carbocycles. The van der Waals surface area contributed by atoms with Gasteiger partial charge in [-0.15, -0.1) is 0 Å². The summed E-state index contributed by atoms with van der Waals surface area (Å²) in [6.45, 7) is 18.9. The molecule has 2 aliphatic heterocycles. The summed E-state index contributed by atoms with van der Waals surface area (Å²) in [5.41, 5.74) is 3.85. The van der Waals surface area contributed by atoms with Gasteiger partial charge in [0.1, 0.15) is 18.1 Å². The number of hydrogen-bond acceptors (Lipinski definition) is 9. The van der Waals surface area contributed by atoms with E-state index in [1.807, 2.05) is 0 Å². The van der Waals surface area contributed by atoms with E-state index in [0.29, 0.717) is 17.9 Å². The van der Waals surface area contributed by atoms with Gasteiger partial charge in [-0.3, -0.25) is 18.9 Å². The van der Waals surface area contributed by atoms with Crippen molar-refractivity contribution in [3.05, 3.63) is 44.8 Å². The maximum atomic E-state index is 12.6. The molecule has 0 radical (unpaired) electrons. The molecule has 1 aromatic rings. The highest BCUT2D eigenvalue weighted by Gasteiger charge is 2.54. The van der Waals surface area contributed by atoms with E-state index in [1.165, 1.54) is 10.8 Å². The van der Waals surface area contributed by atoms with Crippen LogP contribution in [0.25, 0.3) is 0 Å². The number of H-pyrrole nitrogens is 1. The maximum Gasteiger partial charge on any atom is 0.330 e. The molecule has 38 heavy (non-hydrogen) atoms. The number of nitrogens with two attached hydrogens (primary N) is 1. The molecule has 1 aliphatic carbocycles. The molecule has 3 N–H and O–H groups in total. The number of nitrogens with one attached hydrogen (secondary N) is 1. The normalized spacial score (nSPS) is 35.8. The van der Waals surface area contributed by atoms with Gasteiger partial charge in [-0.05, 0) is 69.0 Å². The molecule has 3 aliphatic rings. The lowest BCUT2D eigenvalue weighted by Gasteiger charge is -2.39. The van der Waals surface area contributed by atoms with Gasteiger partial charge >= 0.3 is 5.69 Å². The van der Waals surface area contributed by atoms with Crippen molar-refractivity contribution in [1.82, 2.24) is 9.55 Å². The van der Waals surface area contributed by atoms with Crippen LogP contribution in [0.3, 0.4) is 0 Å². The molecule has 1 aromatic heterocycles. The summed E-state index contributed by atoms with van der Waals surface area (Å²) in [5, 5.41) is 0.0445. The topological polar surface area (TPSA) is 118 Å². The van der Waals surface area contributed by atoms with Crippen molar-refractivity contribution in [2.24, 2.45) is 11.7 Å². The summed E-state index contributed by atoms with van der Waals surface area (Å²) in [6, 6.07) is 0. The smallest absolute Gasteiger partial charge is 0.330 e. The molecule has 214 valence electrons. The number of nitrogens with zero attached hydrogens (tertiary/aromatic N) is 1. The second-order valence-electron chi connectivity index (χ2n) is 12.5. The molecule has 0 spiro atoms. The zero-order valence-electron chi connectivity index (χ0n) is 23.4. The zero-order valence-corrected chi connectivity index (χ0v) is 27.0. The van der Waals surface area contributed by atoms with Gasteiger partial charge in [0.05, 0.1) is 18.0 Å². The molecule has 7 atom stereocenters. The number of ether oxygens (including phenoxy) is 1. The molecule has 0 bridgehead atoms. The van der Waals surface area contributed by atoms with E-state index >= 15 is 0 Å². The van der Waals surface area contributed by atoms with Crippen LogP contribution in [0.5, 0.6) is 0 Å². The fraction of sp³-hybridized carbons (Fsp3) is 0.760. The predicted octanol–water partition coefficient (Wildman–Crippen LogP) is 4.93. The van der Waals surface area contributed by atoms with Crippen molar-refractivity contribution in [3.8, 4) is 0 Å². The minimum atomic E-state index is -2.72. The van der Waals surface area contributed by atoms with E-state index in [2.05, 4.69) is 52.4 Å². The van der Waals surface area contributed by atoms with Crippen LogP contribution in [0, 0.1) is 12.8 Å². The molecule has 3 fully saturated rings. The van der Waals surface area contributed by atoms with Crippen LogP contribution in [0.1, 0.15) is 65.2 Å². The predicted molar refractivity (Wildman–Crippen MR) is 158 cm³/mol. The molecule has 1 saturated carbocycles. The first kappa shape index (κ1) is 30.4. The highest BCUT2D eigenvalue weighted by Crippen LogP contribution is 2.73. The van der Waals surface area contributed by atoms with Crippen LogP contribution in [-0.2, 0) is 30.0 Å². The lowest BCUT2D eigenvalue weighted by Crippen LogP contribution is -2.51. The lowest BCUT2D eigenvalue weighted by molar-refractivity contribution is -0.0416. The Kier molecular flexibility index (Phi) is 8.55. The van der Waals surface area contributed by atoms with E-state index in [0.717, 1.165) is 24.8 Å². The van der Waals surface area contributed by atoms with Gasteiger partial charge in [0, 0.05) is 18.2 Å². The molecule has 13 heteroatoms. The minimum absolute atomic E-state index is 0.0139. The highest BCUT2D eigenvalue weighted by molar-refractivity contribution is 8.68. The van der Waals surface area contributed by atoms with E-state index in [-0.39, 0.29) is 23.0 Å². The Morgan fingerprint density at radius 3 is 2.71 bits per heavy atom. The number of aromatic amines is 1. The summed E-state index contributed by atoms with van der Waals surface area (Å²) in [7, 11) is -2.17. The van der Waals surface area contributed by atoms with E-state index in [1.54, 1.807) is 18.3 Å². The zero-order chi connectivity index (χ0) is 28.3. The first-order chi connectivity index (χ1) is 17.4. The van der Waals surface area contributed by atoms with Crippen molar-refractivity contribution in [2.75, 3.05) is 6.61 Å². The second kappa shape index (κ2) is 10.7. The third-order valence-electron chi connectivity index (χ3n) is 8.45. The second-order valence-corrected chi connectivity index (χ2v) is 23.5. The van der Waals surface area contributed by atoms with Gasteiger partial charge in [0.2, 0.25) is 5.69 Å². The highest BCUT2D eigenvalue weighted by atomic mass is 32.9. The van der Waals surface area contributed by atoms with Crippen LogP contribution in [0.15, 0.2) is 27.9 Å². The third-order valence-corrected chi connectivity index (χ3v) is 18.5. The molecule has 3 heterocycles. The van der Waals surface area contributed by atoms with Crippen LogP contribution in [-0.4, -0.2) is 47.7 Å². The lowest BCUT2D eigenvalue weighted by atomic mass is 9.80. The van der Waals surface area contributed by atoms with Gasteiger partial charge in [-0.2, -0.15) is 0 Å². The third kappa shape index (κ3) is 6.18. The number of hydrogen-bond donors (Lipinski definition) is 2. The summed E-state index contributed by atoms with van der Waals surface area (Å²) in [5.74, 6) is 0.412. The molecule has 9 nitrogen and oxygen atoms in total. The standard InChI is InChI=1S/C25H42N3O6PS2Si/c1-15(2)17-9-10-25(26)20(11-17)37-35(36,34-25)31-14-19-18(33-38(7,8)24(4,5)6)12-21(32-19)28-13-16(3)22(29)27-23(28)30/h13,17-21H,1,9-12,14,26H2,2-8H3,(H,27,29,30)/t17-,18?,19+,20?,21+,25+,35?/m0/s1. The van der Waals surface area contributed by atoms with Crippen LogP contribution in [0.4, 0.5) is 0 Å². The number of allylic oxidation sites excluding steroid dienone is 1. The number of aromatic nitrogens is 2. The molecule has 4 rings (SSSR count). The Balaban J connectivity index is 1.53. The van der Waals surface area contributed by atoms with Crippen molar-refractivity contribution in [1.29, 1.82) is 0 Å². The van der Waals surface area contributed by atoms with Gasteiger partial charge in [0.15, 0.2) is 8.32 Å². The van der Waals surface area contributed by atoms with Crippen LogP contribution >= 0.6 is 17.1 Å². The number of rotatable bonds is 7. The fourth-order valence-corrected chi connectivity index (χ4v) is 12.6. The Morgan fingerprint density at radius 2 is 2.08 bits per heavy atom. The SMILES string of the molecule is C=C(C)[C@H]1CC[C@@]2(N)OP(=S)(OC[C@H]3O[C@@H](n4cc(C)c(=O)[nH]c4=O)CC3O[Si](C)(C)C(C)(C)C)SC2C1. The van der Waals surface area contributed by atoms with Crippen LogP contribution in [0.2, 0.25) is 18.1 Å². The van der Waals surface area contributed by atoms with Crippen molar-refractivity contribution >= 4 is 37.2 Å². The summed E-state index contributed by atoms with van der Waals surface area (Å²) in [6.07, 6.45) is 3.15. The Bertz CT molecular complexity index is 1250. The molecule has 3 unspecified atom stereocenters. The Labute approximate surface area is 235 Å². The Morgan fingerprint density at radius 1 is 1.39 bits per heavy atom. The number of aryl methyl sites for hydroxylation is 1. The van der Waals surface area contributed by atoms with Crippen LogP contribution < -0.4 is 17.0 Å². The fourth-order valence-electron chi connectivity index (χ4n) is 4.93. The monoisotopic (exact) mass is 603 g/mol. The van der Waals surface area contributed by atoms with Gasteiger partial charge < -0.3 is 19.4 Å². The quantitative estimate of drug-likeness (QED) is 0.254. The van der Waals surface area contributed by atoms with Gasteiger partial charge in [-0.1, -0.05) is 44.3 Å². The Hall–Kier alpha value is -0.563. The number of fused-ring (bicyclic) bond motifs is 1. The summed E-state index contributed by atoms with van der Waals surface area (Å²) in [4.78, 5) is 26.9. The van der Waals surface area contributed by atoms with Gasteiger partial charge in [-0.25, -0.2) is 4.79 Å². The van der Waals surface area contributed by atoms with E-state index < -0.39 is 43.3 Å². The molecular weight excluding hydrogens is 561 g/mol. The molecule has 0 amide bonds. The van der Waals surface area contributed by atoms with Crippen molar-refractivity contribution in [3.63, 3.8) is 0 Å². The largest absolute Gasteiger partial charge is 0.411 e. The first-order valence-electron chi connectivity index (χ1n) is 13.2. The summed E-state index contributed by atoms with van der Waals surface area (Å²) >= 11 is 7.47. The summed E-state index contributed by atoms with van der Waals surface area (Å²) < 4.78 is 27.2.